The van der Waals surface area contributed by atoms with E-state index >= 15 is 0 Å². The SMILES string of the molecule is Cc1cc(C(=O)NC2CN(c3ncnc4c3CCC4)C2)n(C)n1. The Morgan fingerprint density at radius 3 is 2.87 bits per heavy atom. The summed E-state index contributed by atoms with van der Waals surface area (Å²) in [7, 11) is 1.79. The minimum absolute atomic E-state index is 0.0642. The number of carbonyl (C=O) groups is 1. The molecule has 7 heteroatoms. The Balaban J connectivity index is 1.40. The standard InChI is InChI=1S/C16H20N6O/c1-10-6-14(21(2)20-10)16(23)19-11-7-22(8-11)15-12-4-3-5-13(12)17-9-18-15/h6,9,11H,3-5,7-8H2,1-2H3,(H,19,23). The monoisotopic (exact) mass is 312 g/mol. The van der Waals surface area contributed by atoms with Gasteiger partial charge in [0, 0.05) is 31.4 Å². The molecule has 0 saturated carbocycles. The lowest BCUT2D eigenvalue weighted by molar-refractivity contribution is 0.0920. The minimum atomic E-state index is -0.0642. The highest BCUT2D eigenvalue weighted by Gasteiger charge is 2.32. The Hall–Kier alpha value is -2.44. The van der Waals surface area contributed by atoms with E-state index in [2.05, 4.69) is 25.3 Å². The molecular formula is C16H20N6O. The third-order valence-electron chi connectivity index (χ3n) is 4.60. The molecule has 2 aliphatic rings. The summed E-state index contributed by atoms with van der Waals surface area (Å²) >= 11 is 0. The topological polar surface area (TPSA) is 75.9 Å². The summed E-state index contributed by atoms with van der Waals surface area (Å²) in [6.45, 7) is 3.48. The number of aromatic nitrogens is 4. The summed E-state index contributed by atoms with van der Waals surface area (Å²) in [5.41, 5.74) is 3.93. The van der Waals surface area contributed by atoms with Crippen LogP contribution in [0.25, 0.3) is 0 Å². The van der Waals surface area contributed by atoms with Crippen LogP contribution in [0.1, 0.15) is 33.9 Å². The first-order valence-electron chi connectivity index (χ1n) is 8.01. The molecule has 1 aliphatic carbocycles. The maximum Gasteiger partial charge on any atom is 0.269 e. The Bertz CT molecular complexity index is 762. The molecule has 1 N–H and O–H groups in total. The minimum Gasteiger partial charge on any atom is -0.352 e. The van der Waals surface area contributed by atoms with Gasteiger partial charge in [0.1, 0.15) is 17.8 Å². The van der Waals surface area contributed by atoms with Gasteiger partial charge in [0.05, 0.1) is 11.7 Å². The van der Waals surface area contributed by atoms with Crippen LogP contribution in [-0.4, -0.2) is 44.8 Å². The molecule has 1 fully saturated rings. The second kappa shape index (κ2) is 5.33. The molecule has 0 aromatic carbocycles. The number of amides is 1. The normalized spacial score (nSPS) is 17.0. The molecule has 3 heterocycles. The lowest BCUT2D eigenvalue weighted by Gasteiger charge is -2.41. The van der Waals surface area contributed by atoms with Crippen LogP contribution in [0.3, 0.4) is 0 Å². The first-order chi connectivity index (χ1) is 11.1. The number of hydrogen-bond donors (Lipinski definition) is 1. The zero-order valence-corrected chi connectivity index (χ0v) is 13.4. The Morgan fingerprint density at radius 2 is 2.13 bits per heavy atom. The van der Waals surface area contributed by atoms with Crippen LogP contribution in [0.4, 0.5) is 5.82 Å². The van der Waals surface area contributed by atoms with Gasteiger partial charge in [-0.05, 0) is 32.3 Å². The summed E-state index contributed by atoms with van der Waals surface area (Å²) < 4.78 is 1.62. The Kier molecular flexibility index (Phi) is 3.28. The predicted octanol–water partition coefficient (Wildman–Crippen LogP) is 0.626. The molecule has 23 heavy (non-hydrogen) atoms. The number of anilines is 1. The van der Waals surface area contributed by atoms with Gasteiger partial charge in [-0.25, -0.2) is 9.97 Å². The van der Waals surface area contributed by atoms with Gasteiger partial charge >= 0.3 is 0 Å². The summed E-state index contributed by atoms with van der Waals surface area (Å²) in [5.74, 6) is 0.986. The van der Waals surface area contributed by atoms with Crippen LogP contribution in [0.2, 0.25) is 0 Å². The van der Waals surface area contributed by atoms with Crippen LogP contribution < -0.4 is 10.2 Å². The number of rotatable bonds is 3. The van der Waals surface area contributed by atoms with E-state index in [0.717, 1.165) is 43.9 Å². The predicted molar refractivity (Wildman–Crippen MR) is 85.5 cm³/mol. The molecular weight excluding hydrogens is 292 g/mol. The Labute approximate surface area is 134 Å². The molecule has 1 amide bonds. The van der Waals surface area contributed by atoms with Crippen molar-refractivity contribution in [2.45, 2.75) is 32.2 Å². The fraction of sp³-hybridized carbons (Fsp3) is 0.500. The lowest BCUT2D eigenvalue weighted by atomic mass is 10.1. The van der Waals surface area contributed by atoms with Crippen molar-refractivity contribution in [2.24, 2.45) is 7.05 Å². The van der Waals surface area contributed by atoms with E-state index in [0.29, 0.717) is 5.69 Å². The smallest absolute Gasteiger partial charge is 0.269 e. The quantitative estimate of drug-likeness (QED) is 0.899. The highest BCUT2D eigenvalue weighted by molar-refractivity contribution is 5.93. The van der Waals surface area contributed by atoms with Crippen molar-refractivity contribution in [3.05, 3.63) is 35.0 Å². The van der Waals surface area contributed by atoms with E-state index in [4.69, 9.17) is 0 Å². The van der Waals surface area contributed by atoms with Crippen LogP contribution in [0.5, 0.6) is 0 Å². The summed E-state index contributed by atoms with van der Waals surface area (Å²) in [4.78, 5) is 23.3. The van der Waals surface area contributed by atoms with Gasteiger partial charge in [-0.3, -0.25) is 9.48 Å². The number of carbonyl (C=O) groups excluding carboxylic acids is 1. The zero-order valence-electron chi connectivity index (χ0n) is 13.4. The number of nitrogens with one attached hydrogen (secondary N) is 1. The zero-order chi connectivity index (χ0) is 16.0. The number of aryl methyl sites for hydroxylation is 3. The molecule has 0 radical (unpaired) electrons. The van der Waals surface area contributed by atoms with E-state index in [-0.39, 0.29) is 11.9 Å². The molecule has 2 aromatic heterocycles. The van der Waals surface area contributed by atoms with E-state index in [1.165, 1.54) is 11.3 Å². The molecule has 7 nitrogen and oxygen atoms in total. The van der Waals surface area contributed by atoms with Crippen molar-refractivity contribution in [3.63, 3.8) is 0 Å². The highest BCUT2D eigenvalue weighted by Crippen LogP contribution is 2.30. The summed E-state index contributed by atoms with van der Waals surface area (Å²) in [5, 5.41) is 7.28. The molecule has 1 saturated heterocycles. The number of fused-ring (bicyclic) bond motifs is 1. The van der Waals surface area contributed by atoms with E-state index in [1.54, 1.807) is 18.1 Å². The van der Waals surface area contributed by atoms with Crippen molar-refractivity contribution in [1.82, 2.24) is 25.1 Å². The fourth-order valence-corrected chi connectivity index (χ4v) is 3.44. The van der Waals surface area contributed by atoms with E-state index in [1.807, 2.05) is 13.0 Å². The van der Waals surface area contributed by atoms with Crippen LogP contribution in [0, 0.1) is 6.92 Å². The van der Waals surface area contributed by atoms with Gasteiger partial charge in [0.25, 0.3) is 5.91 Å². The van der Waals surface area contributed by atoms with Crippen molar-refractivity contribution in [1.29, 1.82) is 0 Å². The molecule has 0 atom stereocenters. The average Bonchev–Trinajstić information content (AvgIpc) is 3.08. The van der Waals surface area contributed by atoms with E-state index < -0.39 is 0 Å². The molecule has 2 aromatic rings. The number of hydrogen-bond acceptors (Lipinski definition) is 5. The Morgan fingerprint density at radius 1 is 1.30 bits per heavy atom. The first-order valence-corrected chi connectivity index (χ1v) is 8.01. The van der Waals surface area contributed by atoms with Crippen LogP contribution >= 0.6 is 0 Å². The van der Waals surface area contributed by atoms with Gasteiger partial charge in [-0.1, -0.05) is 0 Å². The van der Waals surface area contributed by atoms with Crippen LogP contribution in [0.15, 0.2) is 12.4 Å². The van der Waals surface area contributed by atoms with Gasteiger partial charge in [-0.2, -0.15) is 5.10 Å². The highest BCUT2D eigenvalue weighted by atomic mass is 16.2. The molecule has 120 valence electrons. The van der Waals surface area contributed by atoms with E-state index in [9.17, 15) is 4.79 Å². The van der Waals surface area contributed by atoms with Gasteiger partial charge in [0.15, 0.2) is 0 Å². The third-order valence-corrected chi connectivity index (χ3v) is 4.60. The summed E-state index contributed by atoms with van der Waals surface area (Å²) in [6, 6.07) is 1.97. The van der Waals surface area contributed by atoms with Crippen molar-refractivity contribution < 1.29 is 4.79 Å². The second-order valence-electron chi connectivity index (χ2n) is 6.35. The van der Waals surface area contributed by atoms with Crippen molar-refractivity contribution in [2.75, 3.05) is 18.0 Å². The maximum atomic E-state index is 12.3. The molecule has 0 bridgehead atoms. The number of nitrogens with zero attached hydrogens (tertiary/aromatic N) is 5. The lowest BCUT2D eigenvalue weighted by Crippen LogP contribution is -2.60. The van der Waals surface area contributed by atoms with Gasteiger partial charge < -0.3 is 10.2 Å². The molecule has 4 rings (SSSR count). The average molecular weight is 312 g/mol. The molecule has 1 aliphatic heterocycles. The van der Waals surface area contributed by atoms with Gasteiger partial charge in [0.2, 0.25) is 0 Å². The first kappa shape index (κ1) is 14.2. The second-order valence-corrected chi connectivity index (χ2v) is 6.35. The van der Waals surface area contributed by atoms with Crippen molar-refractivity contribution >= 4 is 11.7 Å². The summed E-state index contributed by atoms with van der Waals surface area (Å²) in [6.07, 6.45) is 4.94. The van der Waals surface area contributed by atoms with Crippen molar-refractivity contribution in [3.8, 4) is 0 Å². The molecule has 0 unspecified atom stereocenters. The maximum absolute atomic E-state index is 12.3. The van der Waals surface area contributed by atoms with Gasteiger partial charge in [-0.15, -0.1) is 0 Å². The fourth-order valence-electron chi connectivity index (χ4n) is 3.44. The third kappa shape index (κ3) is 2.46. The molecule has 0 spiro atoms. The van der Waals surface area contributed by atoms with Crippen LogP contribution in [-0.2, 0) is 19.9 Å². The largest absolute Gasteiger partial charge is 0.352 e.